The summed E-state index contributed by atoms with van der Waals surface area (Å²) in [7, 11) is -3.76. The van der Waals surface area contributed by atoms with Crippen LogP contribution in [-0.2, 0) is 10.0 Å². The molecule has 2 aromatic rings. The van der Waals surface area contributed by atoms with Crippen LogP contribution >= 0.6 is 0 Å². The summed E-state index contributed by atoms with van der Waals surface area (Å²) < 4.78 is 28.2. The smallest absolute Gasteiger partial charge is 0.261 e. The van der Waals surface area contributed by atoms with Crippen molar-refractivity contribution >= 4 is 21.6 Å². The highest BCUT2D eigenvalue weighted by Gasteiger charge is 2.23. The fourth-order valence-corrected chi connectivity index (χ4v) is 4.28. The Balaban J connectivity index is 1.90. The molecule has 1 aliphatic rings. The van der Waals surface area contributed by atoms with Crippen LogP contribution in [0.5, 0.6) is 0 Å². The molecule has 0 saturated carbocycles. The van der Waals surface area contributed by atoms with Crippen molar-refractivity contribution in [3.05, 3.63) is 59.2 Å². The summed E-state index contributed by atoms with van der Waals surface area (Å²) in [6, 6.07) is 11.8. The summed E-state index contributed by atoms with van der Waals surface area (Å²) in [4.78, 5) is 14.8. The lowest BCUT2D eigenvalue weighted by Gasteiger charge is -2.27. The van der Waals surface area contributed by atoms with Crippen LogP contribution in [0.2, 0.25) is 0 Å². The second-order valence-corrected chi connectivity index (χ2v) is 8.43. The second kappa shape index (κ2) is 7.50. The highest BCUT2D eigenvalue weighted by atomic mass is 32.2. The molecule has 1 saturated heterocycles. The zero-order valence-electron chi connectivity index (χ0n) is 15.2. The lowest BCUT2D eigenvalue weighted by molar-refractivity contribution is 0.0725. The molecule has 0 bridgehead atoms. The van der Waals surface area contributed by atoms with Crippen LogP contribution in [0.4, 0.5) is 5.69 Å². The summed E-state index contributed by atoms with van der Waals surface area (Å²) in [5.41, 5.74) is 2.65. The molecular weight excluding hydrogens is 348 g/mol. The molecule has 0 radical (unpaired) electrons. The van der Waals surface area contributed by atoms with Crippen molar-refractivity contribution in [3.8, 4) is 0 Å². The van der Waals surface area contributed by atoms with Crippen molar-refractivity contribution in [2.45, 2.75) is 38.0 Å². The number of para-hydroxylation sites is 1. The van der Waals surface area contributed by atoms with Gasteiger partial charge in [-0.15, -0.1) is 0 Å². The van der Waals surface area contributed by atoms with E-state index in [2.05, 4.69) is 4.72 Å². The van der Waals surface area contributed by atoms with Gasteiger partial charge in [-0.2, -0.15) is 0 Å². The molecule has 1 N–H and O–H groups in total. The van der Waals surface area contributed by atoms with Crippen molar-refractivity contribution in [2.75, 3.05) is 17.8 Å². The average Bonchev–Trinajstić information content (AvgIpc) is 2.64. The number of benzene rings is 2. The van der Waals surface area contributed by atoms with Crippen LogP contribution in [-0.4, -0.2) is 32.3 Å². The summed E-state index contributed by atoms with van der Waals surface area (Å²) in [5.74, 6) is -0.122. The maximum Gasteiger partial charge on any atom is 0.261 e. The number of aryl methyl sites for hydroxylation is 2. The number of carbonyl (C=O) groups is 1. The number of likely N-dealkylation sites (tertiary alicyclic amines) is 1. The lowest BCUT2D eigenvalue weighted by atomic mass is 10.1. The van der Waals surface area contributed by atoms with Gasteiger partial charge in [-0.05, 0) is 68.5 Å². The first-order chi connectivity index (χ1) is 12.4. The Morgan fingerprint density at radius 3 is 2.35 bits per heavy atom. The molecule has 5 nitrogen and oxygen atoms in total. The summed E-state index contributed by atoms with van der Waals surface area (Å²) in [6.07, 6.45) is 3.11. The van der Waals surface area contributed by atoms with Crippen molar-refractivity contribution in [1.29, 1.82) is 0 Å². The fourth-order valence-electron chi connectivity index (χ4n) is 3.11. The minimum Gasteiger partial charge on any atom is -0.339 e. The lowest BCUT2D eigenvalue weighted by Crippen LogP contribution is -2.36. The van der Waals surface area contributed by atoms with Gasteiger partial charge in [0.15, 0.2) is 0 Å². The fraction of sp³-hybridized carbons (Fsp3) is 0.350. The van der Waals surface area contributed by atoms with Crippen molar-refractivity contribution in [3.63, 3.8) is 0 Å². The first kappa shape index (κ1) is 18.5. The van der Waals surface area contributed by atoms with Crippen LogP contribution in [0, 0.1) is 13.8 Å². The molecule has 1 fully saturated rings. The normalized spacial score (nSPS) is 14.9. The van der Waals surface area contributed by atoms with Crippen molar-refractivity contribution in [2.24, 2.45) is 0 Å². The minimum absolute atomic E-state index is 0.122. The molecule has 3 rings (SSSR count). The number of nitrogens with one attached hydrogen (secondary N) is 1. The van der Waals surface area contributed by atoms with Gasteiger partial charge in [0, 0.05) is 13.1 Å². The highest BCUT2D eigenvalue weighted by molar-refractivity contribution is 7.92. The molecule has 2 aromatic carbocycles. The number of hydrogen-bond acceptors (Lipinski definition) is 3. The zero-order chi connectivity index (χ0) is 18.7. The largest absolute Gasteiger partial charge is 0.339 e. The molecule has 1 heterocycles. The zero-order valence-corrected chi connectivity index (χ0v) is 16.0. The number of hydrogen-bond donors (Lipinski definition) is 1. The molecule has 0 aromatic heterocycles. The molecule has 26 heavy (non-hydrogen) atoms. The first-order valence-corrected chi connectivity index (χ1v) is 10.4. The molecule has 0 aliphatic carbocycles. The summed E-state index contributed by atoms with van der Waals surface area (Å²) >= 11 is 0. The monoisotopic (exact) mass is 372 g/mol. The van der Waals surface area contributed by atoms with E-state index in [1.54, 1.807) is 47.4 Å². The molecule has 0 unspecified atom stereocenters. The molecule has 6 heteroatoms. The number of anilines is 1. The Bertz CT molecular complexity index is 916. The third-order valence-electron chi connectivity index (χ3n) is 4.83. The minimum atomic E-state index is -3.76. The van der Waals surface area contributed by atoms with Gasteiger partial charge in [0.2, 0.25) is 0 Å². The third-order valence-corrected chi connectivity index (χ3v) is 6.20. The van der Waals surface area contributed by atoms with E-state index < -0.39 is 10.0 Å². The molecule has 1 aliphatic heterocycles. The number of amides is 1. The van der Waals surface area contributed by atoms with Crippen LogP contribution in [0.1, 0.15) is 40.7 Å². The van der Waals surface area contributed by atoms with E-state index in [9.17, 15) is 13.2 Å². The first-order valence-electron chi connectivity index (χ1n) is 8.87. The molecule has 138 valence electrons. The Morgan fingerprint density at radius 2 is 1.65 bits per heavy atom. The van der Waals surface area contributed by atoms with E-state index in [1.807, 2.05) is 13.8 Å². The topological polar surface area (TPSA) is 66.5 Å². The van der Waals surface area contributed by atoms with Crippen LogP contribution in [0.15, 0.2) is 47.4 Å². The Hall–Kier alpha value is -2.34. The van der Waals surface area contributed by atoms with E-state index in [1.165, 1.54) is 0 Å². The van der Waals surface area contributed by atoms with Gasteiger partial charge < -0.3 is 4.90 Å². The standard InChI is InChI=1S/C20H24N2O3S/c1-15-10-11-17(14-16(15)2)26(24,25)21-19-9-5-4-8-18(19)20(23)22-12-6-3-7-13-22/h4-5,8-11,14,21H,3,6-7,12-13H2,1-2H3. The van der Waals surface area contributed by atoms with E-state index in [4.69, 9.17) is 0 Å². The molecular formula is C20H24N2O3S. The van der Waals surface area contributed by atoms with Gasteiger partial charge in [-0.1, -0.05) is 18.2 Å². The maximum absolute atomic E-state index is 12.8. The Kier molecular flexibility index (Phi) is 5.32. The Labute approximate surface area is 155 Å². The highest BCUT2D eigenvalue weighted by Crippen LogP contribution is 2.24. The quantitative estimate of drug-likeness (QED) is 0.889. The SMILES string of the molecule is Cc1ccc(S(=O)(=O)Nc2ccccc2C(=O)N2CCCCC2)cc1C. The van der Waals surface area contributed by atoms with Gasteiger partial charge in [0.05, 0.1) is 16.1 Å². The number of nitrogens with zero attached hydrogens (tertiary/aromatic N) is 1. The second-order valence-electron chi connectivity index (χ2n) is 6.75. The van der Waals surface area contributed by atoms with Gasteiger partial charge in [0.25, 0.3) is 15.9 Å². The third kappa shape index (κ3) is 3.90. The predicted molar refractivity (Wildman–Crippen MR) is 103 cm³/mol. The summed E-state index contributed by atoms with van der Waals surface area (Å²) in [6.45, 7) is 5.25. The van der Waals surface area contributed by atoms with Crippen LogP contribution in [0.25, 0.3) is 0 Å². The van der Waals surface area contributed by atoms with Gasteiger partial charge >= 0.3 is 0 Å². The van der Waals surface area contributed by atoms with Crippen molar-refractivity contribution in [1.82, 2.24) is 4.90 Å². The number of piperidine rings is 1. The van der Waals surface area contributed by atoms with Gasteiger partial charge in [0.1, 0.15) is 0 Å². The maximum atomic E-state index is 12.8. The molecule has 1 amide bonds. The van der Waals surface area contributed by atoms with Gasteiger partial charge in [-0.3, -0.25) is 9.52 Å². The van der Waals surface area contributed by atoms with E-state index >= 15 is 0 Å². The Morgan fingerprint density at radius 1 is 0.962 bits per heavy atom. The van der Waals surface area contributed by atoms with Crippen molar-refractivity contribution < 1.29 is 13.2 Å². The number of sulfonamides is 1. The summed E-state index contributed by atoms with van der Waals surface area (Å²) in [5, 5.41) is 0. The number of rotatable bonds is 4. The molecule has 0 spiro atoms. The van der Waals surface area contributed by atoms with E-state index in [0.29, 0.717) is 11.3 Å². The van der Waals surface area contributed by atoms with E-state index in [0.717, 1.165) is 43.5 Å². The molecule has 0 atom stereocenters. The average molecular weight is 372 g/mol. The van der Waals surface area contributed by atoms with Crippen LogP contribution in [0.3, 0.4) is 0 Å². The predicted octanol–water partition coefficient (Wildman–Crippen LogP) is 3.73. The van der Waals surface area contributed by atoms with E-state index in [-0.39, 0.29) is 10.8 Å². The number of carbonyl (C=O) groups excluding carboxylic acids is 1. The van der Waals surface area contributed by atoms with Gasteiger partial charge in [-0.25, -0.2) is 8.42 Å². The van der Waals surface area contributed by atoms with Crippen LogP contribution < -0.4 is 4.72 Å².